The minimum atomic E-state index is -1.82. The van der Waals surface area contributed by atoms with Gasteiger partial charge in [-0.05, 0) is 32.9 Å². The number of carbonyl (C=O) groups is 3. The van der Waals surface area contributed by atoms with E-state index >= 15 is 0 Å². The smallest absolute Gasteiger partial charge is 0.414 e. The van der Waals surface area contributed by atoms with Gasteiger partial charge in [0, 0.05) is 6.07 Å². The molecule has 0 aromatic carbocycles. The molecule has 1 aromatic heterocycles. The fourth-order valence-corrected chi connectivity index (χ4v) is 2.28. The molecule has 9 heteroatoms. The van der Waals surface area contributed by atoms with Gasteiger partial charge in [-0.25, -0.2) is 9.59 Å². The van der Waals surface area contributed by atoms with Crippen LogP contribution in [0.25, 0.3) is 0 Å². The van der Waals surface area contributed by atoms with E-state index in [9.17, 15) is 4.79 Å². The molecule has 0 bridgehead atoms. The molecule has 1 aromatic rings. The van der Waals surface area contributed by atoms with Crippen molar-refractivity contribution in [1.29, 1.82) is 0 Å². The number of nitrogens with zero attached hydrogens (tertiary/aromatic N) is 2. The lowest BCUT2D eigenvalue weighted by molar-refractivity contribution is -0.159. The van der Waals surface area contributed by atoms with Gasteiger partial charge in [-0.15, -0.1) is 0 Å². The Morgan fingerprint density at radius 3 is 2.12 bits per heavy atom. The third kappa shape index (κ3) is 8.28. The van der Waals surface area contributed by atoms with Crippen molar-refractivity contribution in [3.05, 3.63) is 11.8 Å². The van der Waals surface area contributed by atoms with Gasteiger partial charge < -0.3 is 20.1 Å². The first kappa shape index (κ1) is 19.6. The third-order valence-electron chi connectivity index (χ3n) is 3.39. The lowest BCUT2D eigenvalue weighted by Crippen LogP contribution is -2.35. The second kappa shape index (κ2) is 10.4. The first-order chi connectivity index (χ1) is 11.4. The first-order valence-electron chi connectivity index (χ1n) is 7.80. The van der Waals surface area contributed by atoms with Crippen LogP contribution in [0.4, 0.5) is 5.82 Å². The van der Waals surface area contributed by atoms with E-state index in [0.29, 0.717) is 18.1 Å². The Morgan fingerprint density at radius 1 is 1.12 bits per heavy atom. The number of aromatic nitrogens is 1. The fraction of sp³-hybridized carbons (Fsp3) is 0.600. The Bertz CT molecular complexity index is 537. The van der Waals surface area contributed by atoms with Crippen LogP contribution in [-0.2, 0) is 14.4 Å². The monoisotopic (exact) mass is 341 g/mol. The number of aliphatic carboxylic acids is 2. The van der Waals surface area contributed by atoms with Crippen LogP contribution in [0.15, 0.2) is 10.6 Å². The van der Waals surface area contributed by atoms with E-state index in [-0.39, 0.29) is 5.91 Å². The van der Waals surface area contributed by atoms with Crippen molar-refractivity contribution in [3.63, 3.8) is 0 Å². The molecule has 0 spiro atoms. The van der Waals surface area contributed by atoms with Crippen molar-refractivity contribution in [1.82, 2.24) is 10.1 Å². The Morgan fingerprint density at radius 2 is 1.67 bits per heavy atom. The summed E-state index contributed by atoms with van der Waals surface area (Å²) in [4.78, 5) is 32.3. The quantitative estimate of drug-likeness (QED) is 0.702. The van der Waals surface area contributed by atoms with Crippen LogP contribution in [0, 0.1) is 6.92 Å². The number of rotatable bonds is 3. The van der Waals surface area contributed by atoms with Gasteiger partial charge in [0.05, 0.1) is 6.54 Å². The van der Waals surface area contributed by atoms with Crippen LogP contribution in [0.3, 0.4) is 0 Å². The zero-order chi connectivity index (χ0) is 17.9. The molecule has 1 aliphatic rings. The van der Waals surface area contributed by atoms with Crippen LogP contribution >= 0.6 is 0 Å². The molecule has 3 N–H and O–H groups in total. The van der Waals surface area contributed by atoms with Crippen molar-refractivity contribution in [2.75, 3.05) is 25.0 Å². The molecular weight excluding hydrogens is 318 g/mol. The average Bonchev–Trinajstić information content (AvgIpc) is 2.87. The first-order valence-corrected chi connectivity index (χ1v) is 7.80. The van der Waals surface area contributed by atoms with E-state index in [1.54, 1.807) is 13.0 Å². The summed E-state index contributed by atoms with van der Waals surface area (Å²) in [6, 6.07) is 1.73. The Hall–Kier alpha value is -2.42. The molecule has 1 aliphatic heterocycles. The summed E-state index contributed by atoms with van der Waals surface area (Å²) in [5.41, 5.74) is 0. The fourth-order valence-electron chi connectivity index (χ4n) is 2.28. The summed E-state index contributed by atoms with van der Waals surface area (Å²) >= 11 is 0. The molecule has 0 saturated carbocycles. The van der Waals surface area contributed by atoms with Gasteiger partial charge in [0.15, 0.2) is 5.82 Å². The number of carbonyl (C=O) groups excluding carboxylic acids is 1. The van der Waals surface area contributed by atoms with Gasteiger partial charge >= 0.3 is 11.9 Å². The van der Waals surface area contributed by atoms with Gasteiger partial charge in [0.2, 0.25) is 5.91 Å². The van der Waals surface area contributed by atoms with Crippen LogP contribution in [-0.4, -0.2) is 57.7 Å². The SMILES string of the molecule is Cc1cc(NC(=O)CN2CCCCCCC2)no1.O=C(O)C(=O)O. The van der Waals surface area contributed by atoms with Gasteiger partial charge in [0.1, 0.15) is 5.76 Å². The topological polar surface area (TPSA) is 133 Å². The molecule has 0 radical (unpaired) electrons. The zero-order valence-corrected chi connectivity index (χ0v) is 13.7. The van der Waals surface area contributed by atoms with E-state index in [4.69, 9.17) is 24.3 Å². The molecule has 24 heavy (non-hydrogen) atoms. The number of hydrogen-bond acceptors (Lipinski definition) is 6. The number of hydrogen-bond donors (Lipinski definition) is 3. The van der Waals surface area contributed by atoms with Gasteiger partial charge in [-0.1, -0.05) is 24.4 Å². The predicted molar refractivity (Wildman–Crippen MR) is 84.7 cm³/mol. The standard InChI is InChI=1S/C13H21N3O2.C2H2O4/c1-11-9-12(15-18-11)14-13(17)10-16-7-5-3-2-4-6-8-16;3-1(4)2(5)6/h9H,2-8,10H2,1H3,(H,14,15,17);(H,3,4)(H,5,6). The number of nitrogens with one attached hydrogen (secondary N) is 1. The van der Waals surface area contributed by atoms with E-state index in [2.05, 4.69) is 15.4 Å². The number of anilines is 1. The summed E-state index contributed by atoms with van der Waals surface area (Å²) in [5.74, 6) is -2.45. The van der Waals surface area contributed by atoms with Crippen molar-refractivity contribution >= 4 is 23.7 Å². The van der Waals surface area contributed by atoms with Crippen molar-refractivity contribution in [2.45, 2.75) is 39.0 Å². The van der Waals surface area contributed by atoms with Crippen LogP contribution in [0.1, 0.15) is 37.9 Å². The Balaban J connectivity index is 0.000000413. The van der Waals surface area contributed by atoms with Gasteiger partial charge in [0.25, 0.3) is 0 Å². The highest BCUT2D eigenvalue weighted by Crippen LogP contribution is 2.11. The molecule has 2 rings (SSSR count). The molecule has 134 valence electrons. The van der Waals surface area contributed by atoms with Crippen LogP contribution in [0.2, 0.25) is 0 Å². The molecule has 1 fully saturated rings. The second-order valence-corrected chi connectivity index (χ2v) is 5.53. The van der Waals surface area contributed by atoms with E-state index in [1.807, 2.05) is 0 Å². The molecule has 1 saturated heterocycles. The summed E-state index contributed by atoms with van der Waals surface area (Å²) in [7, 11) is 0. The van der Waals surface area contributed by atoms with E-state index < -0.39 is 11.9 Å². The van der Waals surface area contributed by atoms with Crippen LogP contribution < -0.4 is 5.32 Å². The molecule has 0 aliphatic carbocycles. The van der Waals surface area contributed by atoms with Gasteiger partial charge in [-0.3, -0.25) is 9.69 Å². The van der Waals surface area contributed by atoms with Crippen LogP contribution in [0.5, 0.6) is 0 Å². The van der Waals surface area contributed by atoms with E-state index in [0.717, 1.165) is 13.1 Å². The summed E-state index contributed by atoms with van der Waals surface area (Å²) in [6.07, 6.45) is 6.27. The Labute approximate surface area is 139 Å². The lowest BCUT2D eigenvalue weighted by atomic mass is 10.1. The summed E-state index contributed by atoms with van der Waals surface area (Å²) in [5, 5.41) is 21.3. The lowest BCUT2D eigenvalue weighted by Gasteiger charge is -2.23. The number of carboxylic acid groups (broad SMARTS) is 2. The van der Waals surface area contributed by atoms with Gasteiger partial charge in [-0.2, -0.15) is 0 Å². The summed E-state index contributed by atoms with van der Waals surface area (Å²) in [6.45, 7) is 4.30. The molecular formula is C15H23N3O6. The highest BCUT2D eigenvalue weighted by Gasteiger charge is 2.13. The zero-order valence-electron chi connectivity index (χ0n) is 13.7. The largest absolute Gasteiger partial charge is 0.473 e. The molecule has 9 nitrogen and oxygen atoms in total. The normalized spacial score (nSPS) is 15.4. The number of likely N-dealkylation sites (tertiary alicyclic amines) is 1. The second-order valence-electron chi connectivity index (χ2n) is 5.53. The number of amides is 1. The molecule has 2 heterocycles. The summed E-state index contributed by atoms with van der Waals surface area (Å²) < 4.78 is 4.91. The van der Waals surface area contributed by atoms with Crippen molar-refractivity contribution < 1.29 is 29.1 Å². The molecule has 1 amide bonds. The predicted octanol–water partition coefficient (Wildman–Crippen LogP) is 1.34. The number of carboxylic acids is 2. The van der Waals surface area contributed by atoms with Crippen molar-refractivity contribution in [3.8, 4) is 0 Å². The molecule has 0 unspecified atom stereocenters. The molecule has 0 atom stereocenters. The maximum Gasteiger partial charge on any atom is 0.414 e. The minimum Gasteiger partial charge on any atom is -0.473 e. The highest BCUT2D eigenvalue weighted by atomic mass is 16.5. The van der Waals surface area contributed by atoms with Crippen molar-refractivity contribution in [2.24, 2.45) is 0 Å². The minimum absolute atomic E-state index is 0.0103. The Kier molecular flexibility index (Phi) is 8.48. The number of aryl methyl sites for hydroxylation is 1. The third-order valence-corrected chi connectivity index (χ3v) is 3.39. The highest BCUT2D eigenvalue weighted by molar-refractivity contribution is 6.27. The average molecular weight is 341 g/mol. The maximum atomic E-state index is 11.9. The maximum absolute atomic E-state index is 11.9. The van der Waals surface area contributed by atoms with E-state index in [1.165, 1.54) is 32.1 Å².